The fraction of sp³-hybridized carbons (Fsp3) is 0.625. The van der Waals surface area contributed by atoms with Crippen molar-refractivity contribution in [3.8, 4) is 0 Å². The number of benzene rings is 1. The Morgan fingerprint density at radius 1 is 1.26 bits per heavy atom. The number of aliphatic hydroxyl groups is 1. The van der Waals surface area contributed by atoms with Gasteiger partial charge >= 0.3 is 0 Å². The molecule has 0 radical (unpaired) electrons. The Morgan fingerprint density at radius 2 is 2.00 bits per heavy atom. The first-order valence-corrected chi connectivity index (χ1v) is 7.12. The van der Waals surface area contributed by atoms with Crippen LogP contribution in [0, 0.1) is 11.2 Å². The summed E-state index contributed by atoms with van der Waals surface area (Å²) in [5.74, 6) is -0.224. The maximum atomic E-state index is 14.2. The molecule has 1 N–H and O–H groups in total. The van der Waals surface area contributed by atoms with Gasteiger partial charge in [-0.2, -0.15) is 0 Å². The Hall–Kier alpha value is -1.09. The first kappa shape index (κ1) is 14.3. The molecule has 0 bridgehead atoms. The van der Waals surface area contributed by atoms with Crippen molar-refractivity contribution in [3.63, 3.8) is 0 Å². The van der Waals surface area contributed by atoms with Crippen molar-refractivity contribution in [2.24, 2.45) is 5.41 Å². The maximum Gasteiger partial charge on any atom is 0.146 e. The zero-order valence-corrected chi connectivity index (χ0v) is 12.1. The summed E-state index contributed by atoms with van der Waals surface area (Å²) in [5, 5.41) is 9.84. The fourth-order valence-electron chi connectivity index (χ4n) is 2.85. The second-order valence-corrected chi connectivity index (χ2v) is 6.36. The molecule has 1 aromatic rings. The summed E-state index contributed by atoms with van der Waals surface area (Å²) >= 11 is 0. The van der Waals surface area contributed by atoms with Crippen LogP contribution in [0.5, 0.6) is 0 Å². The average Bonchev–Trinajstić information content (AvgIpc) is 2.50. The third-order valence-electron chi connectivity index (χ3n) is 4.12. The van der Waals surface area contributed by atoms with Crippen LogP contribution in [0.2, 0.25) is 0 Å². The molecule has 3 heteroatoms. The number of hydrogen-bond acceptors (Lipinski definition) is 2. The number of anilines is 1. The summed E-state index contributed by atoms with van der Waals surface area (Å²) in [6, 6.07) is 4.97. The van der Waals surface area contributed by atoms with Crippen molar-refractivity contribution in [1.82, 2.24) is 0 Å². The molecule has 2 nitrogen and oxygen atoms in total. The largest absolute Gasteiger partial charge is 0.389 e. The molecule has 1 atom stereocenters. The number of nitrogens with zero attached hydrogens (tertiary/aromatic N) is 1. The van der Waals surface area contributed by atoms with Gasteiger partial charge in [0.05, 0.1) is 11.8 Å². The van der Waals surface area contributed by atoms with E-state index in [0.717, 1.165) is 25.9 Å². The standard InChI is InChI=1S/C16H24FNO/c1-12(19)13-6-4-7-14(17)15(13)18-10-5-8-16(2,3)9-11-18/h4,6-7,12,19H,5,8-11H2,1-3H3. The molecular weight excluding hydrogens is 241 g/mol. The van der Waals surface area contributed by atoms with Crippen molar-refractivity contribution in [2.75, 3.05) is 18.0 Å². The Labute approximate surface area is 115 Å². The molecule has 1 unspecified atom stereocenters. The Bertz CT molecular complexity index is 442. The predicted octanol–water partition coefficient (Wildman–Crippen LogP) is 3.90. The third-order valence-corrected chi connectivity index (χ3v) is 4.12. The van der Waals surface area contributed by atoms with Crippen LogP contribution in [-0.4, -0.2) is 18.2 Å². The highest BCUT2D eigenvalue weighted by atomic mass is 19.1. The summed E-state index contributed by atoms with van der Waals surface area (Å²) in [6.07, 6.45) is 2.66. The SMILES string of the molecule is CC(O)c1cccc(F)c1N1CCCC(C)(C)CC1. The lowest BCUT2D eigenvalue weighted by atomic mass is 9.85. The quantitative estimate of drug-likeness (QED) is 0.876. The molecule has 1 aliphatic heterocycles. The van der Waals surface area contributed by atoms with Gasteiger partial charge in [0.2, 0.25) is 0 Å². The topological polar surface area (TPSA) is 23.5 Å². The van der Waals surface area contributed by atoms with E-state index in [1.54, 1.807) is 13.0 Å². The van der Waals surface area contributed by atoms with Crippen molar-refractivity contribution < 1.29 is 9.50 Å². The van der Waals surface area contributed by atoms with E-state index >= 15 is 0 Å². The normalized spacial score (nSPS) is 21.0. The van der Waals surface area contributed by atoms with Gasteiger partial charge in [-0.25, -0.2) is 4.39 Å². The number of hydrogen-bond donors (Lipinski definition) is 1. The second-order valence-electron chi connectivity index (χ2n) is 6.36. The van der Waals surface area contributed by atoms with Gasteiger partial charge in [0.25, 0.3) is 0 Å². The van der Waals surface area contributed by atoms with E-state index in [1.165, 1.54) is 12.5 Å². The predicted molar refractivity (Wildman–Crippen MR) is 76.9 cm³/mol. The van der Waals surface area contributed by atoms with E-state index in [2.05, 4.69) is 18.7 Å². The maximum absolute atomic E-state index is 14.2. The minimum atomic E-state index is -0.637. The van der Waals surface area contributed by atoms with Crippen LogP contribution in [0.4, 0.5) is 10.1 Å². The van der Waals surface area contributed by atoms with Gasteiger partial charge in [-0.3, -0.25) is 0 Å². The van der Waals surface area contributed by atoms with Gasteiger partial charge in [0, 0.05) is 18.7 Å². The van der Waals surface area contributed by atoms with Crippen LogP contribution in [-0.2, 0) is 0 Å². The summed E-state index contributed by atoms with van der Waals surface area (Å²) in [4.78, 5) is 2.10. The lowest BCUT2D eigenvalue weighted by Crippen LogP contribution is -2.27. The molecule has 2 rings (SSSR count). The Morgan fingerprint density at radius 3 is 2.68 bits per heavy atom. The summed E-state index contributed by atoms with van der Waals surface area (Å²) in [5.41, 5.74) is 1.61. The highest BCUT2D eigenvalue weighted by Crippen LogP contribution is 2.35. The second kappa shape index (κ2) is 5.49. The lowest BCUT2D eigenvalue weighted by Gasteiger charge is -2.28. The minimum Gasteiger partial charge on any atom is -0.389 e. The average molecular weight is 265 g/mol. The summed E-state index contributed by atoms with van der Waals surface area (Å²) in [7, 11) is 0. The Balaban J connectivity index is 2.31. The number of para-hydroxylation sites is 1. The van der Waals surface area contributed by atoms with Crippen molar-refractivity contribution in [3.05, 3.63) is 29.6 Å². The van der Waals surface area contributed by atoms with Crippen LogP contribution >= 0.6 is 0 Å². The molecule has 1 fully saturated rings. The molecule has 106 valence electrons. The molecule has 19 heavy (non-hydrogen) atoms. The van der Waals surface area contributed by atoms with E-state index in [4.69, 9.17) is 0 Å². The molecule has 0 saturated carbocycles. The van der Waals surface area contributed by atoms with Gasteiger partial charge < -0.3 is 10.0 Å². The molecule has 0 aliphatic carbocycles. The third kappa shape index (κ3) is 3.27. The van der Waals surface area contributed by atoms with Crippen LogP contribution in [0.15, 0.2) is 18.2 Å². The number of rotatable bonds is 2. The molecule has 0 amide bonds. The smallest absolute Gasteiger partial charge is 0.146 e. The lowest BCUT2D eigenvalue weighted by molar-refractivity contribution is 0.199. The zero-order chi connectivity index (χ0) is 14.0. The first-order chi connectivity index (χ1) is 8.91. The van der Waals surface area contributed by atoms with Gasteiger partial charge in [-0.05, 0) is 37.7 Å². The Kier molecular flexibility index (Phi) is 4.14. The van der Waals surface area contributed by atoms with E-state index in [1.807, 2.05) is 6.07 Å². The number of halogens is 1. The van der Waals surface area contributed by atoms with Gasteiger partial charge in [0.15, 0.2) is 0 Å². The van der Waals surface area contributed by atoms with Gasteiger partial charge in [0.1, 0.15) is 5.82 Å². The van der Waals surface area contributed by atoms with E-state index in [-0.39, 0.29) is 5.82 Å². The monoisotopic (exact) mass is 265 g/mol. The van der Waals surface area contributed by atoms with Crippen LogP contribution < -0.4 is 4.90 Å². The van der Waals surface area contributed by atoms with E-state index in [0.29, 0.717) is 16.7 Å². The fourth-order valence-corrected chi connectivity index (χ4v) is 2.85. The summed E-state index contributed by atoms with van der Waals surface area (Å²) < 4.78 is 14.2. The van der Waals surface area contributed by atoms with E-state index in [9.17, 15) is 9.50 Å². The van der Waals surface area contributed by atoms with Crippen LogP contribution in [0.1, 0.15) is 51.7 Å². The molecule has 0 aromatic heterocycles. The van der Waals surface area contributed by atoms with Gasteiger partial charge in [-0.1, -0.05) is 26.0 Å². The molecular formula is C16H24FNO. The number of aliphatic hydroxyl groups excluding tert-OH is 1. The zero-order valence-electron chi connectivity index (χ0n) is 12.1. The molecule has 1 heterocycles. The highest BCUT2D eigenvalue weighted by Gasteiger charge is 2.26. The van der Waals surface area contributed by atoms with Crippen LogP contribution in [0.25, 0.3) is 0 Å². The molecule has 0 spiro atoms. The van der Waals surface area contributed by atoms with Crippen molar-refractivity contribution >= 4 is 5.69 Å². The molecule has 1 saturated heterocycles. The van der Waals surface area contributed by atoms with E-state index < -0.39 is 6.10 Å². The van der Waals surface area contributed by atoms with Crippen molar-refractivity contribution in [2.45, 2.75) is 46.1 Å². The highest BCUT2D eigenvalue weighted by molar-refractivity contribution is 5.56. The van der Waals surface area contributed by atoms with Crippen LogP contribution in [0.3, 0.4) is 0 Å². The molecule has 1 aliphatic rings. The minimum absolute atomic E-state index is 0.224. The first-order valence-electron chi connectivity index (χ1n) is 7.12. The van der Waals surface area contributed by atoms with Gasteiger partial charge in [-0.15, -0.1) is 0 Å². The van der Waals surface area contributed by atoms with Crippen molar-refractivity contribution in [1.29, 1.82) is 0 Å². The molecule has 1 aromatic carbocycles. The summed E-state index contributed by atoms with van der Waals surface area (Å²) in [6.45, 7) is 7.96.